The van der Waals surface area contributed by atoms with Gasteiger partial charge in [-0.1, -0.05) is 12.2 Å². The summed E-state index contributed by atoms with van der Waals surface area (Å²) in [5, 5.41) is 4.12. The zero-order valence-electron chi connectivity index (χ0n) is 8.06. The van der Waals surface area contributed by atoms with Crippen LogP contribution in [0.2, 0.25) is 0 Å². The van der Waals surface area contributed by atoms with Gasteiger partial charge in [-0.2, -0.15) is 4.98 Å². The van der Waals surface area contributed by atoms with E-state index < -0.39 is 0 Å². The lowest BCUT2D eigenvalue weighted by Gasteiger charge is -2.05. The number of nitrogens with zero attached hydrogens (tertiary/aromatic N) is 4. The number of nitrogen functional groups attached to an aromatic ring is 1. The fourth-order valence-corrected chi connectivity index (χ4v) is 0.951. The van der Waals surface area contributed by atoms with Crippen molar-refractivity contribution >= 4 is 29.1 Å². The van der Waals surface area contributed by atoms with Gasteiger partial charge in [0.25, 0.3) is 0 Å². The van der Waals surface area contributed by atoms with Crippen LogP contribution in [0, 0.1) is 0 Å². The van der Waals surface area contributed by atoms with E-state index in [0.717, 1.165) is 0 Å². The highest BCUT2D eigenvalue weighted by atomic mass is 32.1. The maximum atomic E-state index is 5.62. The van der Waals surface area contributed by atoms with Gasteiger partial charge in [0, 0.05) is 14.1 Å². The second-order valence-electron chi connectivity index (χ2n) is 2.89. The van der Waals surface area contributed by atoms with Crippen molar-refractivity contribution in [1.29, 1.82) is 0 Å². The van der Waals surface area contributed by atoms with Gasteiger partial charge in [-0.05, 0) is 0 Å². The Morgan fingerprint density at radius 1 is 1.64 bits per heavy atom. The number of hydrazine groups is 1. The number of nitrogens with two attached hydrogens (primary N) is 2. The van der Waals surface area contributed by atoms with E-state index in [0.29, 0.717) is 23.4 Å². The molecular formula is C6H13N7S. The fraction of sp³-hybridized carbons (Fsp3) is 0.500. The number of aromatic nitrogens is 3. The predicted molar refractivity (Wildman–Crippen MR) is 58.7 cm³/mol. The SMILES string of the molecule is CN(C)c1nc(N)n(CC(=S)NN)n1. The van der Waals surface area contributed by atoms with E-state index in [2.05, 4.69) is 15.5 Å². The van der Waals surface area contributed by atoms with E-state index in [1.54, 1.807) is 4.90 Å². The molecule has 0 fully saturated rings. The fourth-order valence-electron chi connectivity index (χ4n) is 0.829. The first-order valence-electron chi connectivity index (χ1n) is 3.91. The highest BCUT2D eigenvalue weighted by Gasteiger charge is 2.08. The van der Waals surface area contributed by atoms with Crippen LogP contribution in [0.4, 0.5) is 11.9 Å². The van der Waals surface area contributed by atoms with Crippen LogP contribution in [0.15, 0.2) is 0 Å². The molecule has 0 saturated carbocycles. The third-order valence-electron chi connectivity index (χ3n) is 1.54. The van der Waals surface area contributed by atoms with Crippen molar-refractivity contribution in [1.82, 2.24) is 20.2 Å². The minimum atomic E-state index is 0.311. The lowest BCUT2D eigenvalue weighted by Crippen LogP contribution is -2.32. The van der Waals surface area contributed by atoms with Crippen molar-refractivity contribution in [2.45, 2.75) is 6.54 Å². The molecule has 1 aromatic rings. The zero-order chi connectivity index (χ0) is 10.7. The van der Waals surface area contributed by atoms with E-state index in [4.69, 9.17) is 23.8 Å². The summed E-state index contributed by atoms with van der Waals surface area (Å²) in [6.45, 7) is 0.332. The van der Waals surface area contributed by atoms with Crippen LogP contribution in [0.25, 0.3) is 0 Å². The standard InChI is InChI=1S/C6H13N7S/c1-12(2)6-9-5(7)13(11-6)3-4(14)10-8/h3,8H2,1-2H3,(H,10,14)(H2,7,9,11). The summed E-state index contributed by atoms with van der Waals surface area (Å²) in [7, 11) is 3.66. The van der Waals surface area contributed by atoms with Gasteiger partial charge in [-0.3, -0.25) is 0 Å². The molecule has 7 nitrogen and oxygen atoms in total. The van der Waals surface area contributed by atoms with Crippen molar-refractivity contribution in [2.24, 2.45) is 5.84 Å². The minimum absolute atomic E-state index is 0.311. The normalized spacial score (nSPS) is 9.93. The monoisotopic (exact) mass is 215 g/mol. The Kier molecular flexibility index (Phi) is 3.20. The van der Waals surface area contributed by atoms with Crippen LogP contribution in [-0.4, -0.2) is 33.8 Å². The first-order valence-corrected chi connectivity index (χ1v) is 4.32. The number of nitrogens with one attached hydrogen (secondary N) is 1. The number of thiocarbonyl (C=S) groups is 1. The van der Waals surface area contributed by atoms with E-state index in [1.165, 1.54) is 4.68 Å². The lowest BCUT2D eigenvalue weighted by atomic mass is 10.6. The van der Waals surface area contributed by atoms with E-state index >= 15 is 0 Å². The van der Waals surface area contributed by atoms with Gasteiger partial charge in [-0.25, -0.2) is 10.5 Å². The summed E-state index contributed by atoms with van der Waals surface area (Å²) in [4.78, 5) is 6.23. The first kappa shape index (κ1) is 10.7. The molecule has 78 valence electrons. The third-order valence-corrected chi connectivity index (χ3v) is 1.79. The number of rotatable bonds is 3. The zero-order valence-corrected chi connectivity index (χ0v) is 8.88. The molecule has 1 rings (SSSR count). The summed E-state index contributed by atoms with van der Waals surface area (Å²) < 4.78 is 1.48. The molecule has 0 unspecified atom stereocenters. The molecule has 1 aromatic heterocycles. The van der Waals surface area contributed by atoms with Crippen molar-refractivity contribution in [3.8, 4) is 0 Å². The Bertz CT molecular complexity index is 331. The van der Waals surface area contributed by atoms with Gasteiger partial charge in [0.1, 0.15) is 4.99 Å². The topological polar surface area (TPSA) is 98.0 Å². The van der Waals surface area contributed by atoms with Crippen LogP contribution in [0.1, 0.15) is 0 Å². The van der Waals surface area contributed by atoms with Crippen molar-refractivity contribution in [3.63, 3.8) is 0 Å². The van der Waals surface area contributed by atoms with Crippen LogP contribution in [0.5, 0.6) is 0 Å². The average molecular weight is 215 g/mol. The molecule has 8 heteroatoms. The molecule has 0 aromatic carbocycles. The predicted octanol–water partition coefficient (Wildman–Crippen LogP) is -1.28. The van der Waals surface area contributed by atoms with Crippen LogP contribution in [-0.2, 0) is 6.54 Å². The summed E-state index contributed by atoms with van der Waals surface area (Å²) >= 11 is 4.88. The summed E-state index contributed by atoms with van der Waals surface area (Å²) in [5.74, 6) is 5.99. The van der Waals surface area contributed by atoms with Gasteiger partial charge < -0.3 is 16.1 Å². The lowest BCUT2D eigenvalue weighted by molar-refractivity contribution is 0.720. The van der Waals surface area contributed by atoms with E-state index in [-0.39, 0.29) is 0 Å². The van der Waals surface area contributed by atoms with Gasteiger partial charge >= 0.3 is 0 Å². The molecule has 0 aliphatic rings. The maximum absolute atomic E-state index is 5.62. The molecule has 0 aliphatic carbocycles. The largest absolute Gasteiger partial charge is 0.368 e. The Balaban J connectivity index is 2.82. The molecule has 0 spiro atoms. The van der Waals surface area contributed by atoms with Gasteiger partial charge in [-0.15, -0.1) is 5.10 Å². The minimum Gasteiger partial charge on any atom is -0.368 e. The van der Waals surface area contributed by atoms with Gasteiger partial charge in [0.15, 0.2) is 0 Å². The quantitative estimate of drug-likeness (QED) is 0.328. The number of hydrogen-bond acceptors (Lipinski definition) is 6. The van der Waals surface area contributed by atoms with Crippen LogP contribution in [0.3, 0.4) is 0 Å². The Morgan fingerprint density at radius 3 is 2.71 bits per heavy atom. The van der Waals surface area contributed by atoms with E-state index in [9.17, 15) is 0 Å². The number of hydrogen-bond donors (Lipinski definition) is 3. The number of anilines is 2. The second kappa shape index (κ2) is 4.20. The van der Waals surface area contributed by atoms with Crippen molar-refractivity contribution < 1.29 is 0 Å². The van der Waals surface area contributed by atoms with E-state index in [1.807, 2.05) is 14.1 Å². The summed E-state index contributed by atoms with van der Waals surface area (Å²) in [6.07, 6.45) is 0. The molecule has 14 heavy (non-hydrogen) atoms. The van der Waals surface area contributed by atoms with Gasteiger partial charge in [0.2, 0.25) is 11.9 Å². The summed E-state index contributed by atoms with van der Waals surface area (Å²) in [5.41, 5.74) is 7.97. The van der Waals surface area contributed by atoms with Crippen molar-refractivity contribution in [2.75, 3.05) is 24.7 Å². The van der Waals surface area contributed by atoms with Crippen LogP contribution >= 0.6 is 12.2 Å². The molecule has 0 saturated heterocycles. The third kappa shape index (κ3) is 2.30. The average Bonchev–Trinajstić information content (AvgIpc) is 2.48. The van der Waals surface area contributed by atoms with Crippen LogP contribution < -0.4 is 21.9 Å². The Hall–Kier alpha value is -1.41. The maximum Gasteiger partial charge on any atom is 0.246 e. The van der Waals surface area contributed by atoms with Crippen molar-refractivity contribution in [3.05, 3.63) is 0 Å². The molecule has 0 amide bonds. The smallest absolute Gasteiger partial charge is 0.246 e. The summed E-state index contributed by atoms with van der Waals surface area (Å²) in [6, 6.07) is 0. The Labute approximate surface area is 87.0 Å². The highest BCUT2D eigenvalue weighted by molar-refractivity contribution is 7.80. The second-order valence-corrected chi connectivity index (χ2v) is 3.38. The molecule has 1 heterocycles. The highest BCUT2D eigenvalue weighted by Crippen LogP contribution is 2.07. The molecular weight excluding hydrogens is 202 g/mol. The first-order chi connectivity index (χ1) is 6.54. The molecule has 0 bridgehead atoms. The molecule has 0 radical (unpaired) electrons. The Morgan fingerprint density at radius 2 is 2.29 bits per heavy atom. The molecule has 0 aliphatic heterocycles. The van der Waals surface area contributed by atoms with Gasteiger partial charge in [0.05, 0.1) is 6.54 Å². The molecule has 5 N–H and O–H groups in total. The molecule has 0 atom stereocenters.